The third-order valence-electron chi connectivity index (χ3n) is 6.92. The van der Waals surface area contributed by atoms with Crippen LogP contribution in [0.25, 0.3) is 0 Å². The van der Waals surface area contributed by atoms with Crippen molar-refractivity contribution in [1.29, 1.82) is 0 Å². The van der Waals surface area contributed by atoms with Crippen LogP contribution in [0.5, 0.6) is 0 Å². The minimum Gasteiger partial charge on any atom is -0.0804 e. The third kappa shape index (κ3) is 2.05. The van der Waals surface area contributed by atoms with E-state index in [0.717, 1.165) is 12.8 Å². The van der Waals surface area contributed by atoms with Gasteiger partial charge in [-0.1, -0.05) is 85.7 Å². The van der Waals surface area contributed by atoms with E-state index in [0.29, 0.717) is 5.41 Å². The first-order chi connectivity index (χ1) is 11.8. The summed E-state index contributed by atoms with van der Waals surface area (Å²) in [5, 5.41) is 0. The summed E-state index contributed by atoms with van der Waals surface area (Å²) in [5.41, 5.74) is 7.03. The SMILES string of the molecule is CCC1(C2=CC=CC2)CCC(CC)(c2ccccc2)C2=C1CC=C2. The second-order valence-corrected chi connectivity index (χ2v) is 7.56. The Kier molecular flexibility index (Phi) is 3.87. The minimum absolute atomic E-state index is 0.217. The van der Waals surface area contributed by atoms with E-state index in [9.17, 15) is 0 Å². The van der Waals surface area contributed by atoms with E-state index >= 15 is 0 Å². The molecule has 3 aliphatic carbocycles. The molecule has 0 aliphatic heterocycles. The Morgan fingerprint density at radius 1 is 0.875 bits per heavy atom. The summed E-state index contributed by atoms with van der Waals surface area (Å²) in [6.07, 6.45) is 19.1. The molecule has 0 nitrogen and oxygen atoms in total. The van der Waals surface area contributed by atoms with Gasteiger partial charge in [-0.25, -0.2) is 0 Å². The maximum atomic E-state index is 2.46. The number of benzene rings is 1. The zero-order valence-corrected chi connectivity index (χ0v) is 15.0. The van der Waals surface area contributed by atoms with Gasteiger partial charge in [-0.05, 0) is 49.7 Å². The summed E-state index contributed by atoms with van der Waals surface area (Å²) in [7, 11) is 0. The smallest absolute Gasteiger partial charge is 0.0200 e. The van der Waals surface area contributed by atoms with Crippen LogP contribution < -0.4 is 0 Å². The van der Waals surface area contributed by atoms with Crippen molar-refractivity contribution in [2.75, 3.05) is 0 Å². The summed E-state index contributed by atoms with van der Waals surface area (Å²) in [4.78, 5) is 0. The van der Waals surface area contributed by atoms with Crippen LogP contribution in [-0.4, -0.2) is 0 Å². The van der Waals surface area contributed by atoms with Gasteiger partial charge in [0.25, 0.3) is 0 Å². The van der Waals surface area contributed by atoms with Gasteiger partial charge in [-0.3, -0.25) is 0 Å². The molecule has 0 heteroatoms. The van der Waals surface area contributed by atoms with E-state index in [4.69, 9.17) is 0 Å². The summed E-state index contributed by atoms with van der Waals surface area (Å²) >= 11 is 0. The first kappa shape index (κ1) is 15.7. The van der Waals surface area contributed by atoms with Crippen LogP contribution >= 0.6 is 0 Å². The van der Waals surface area contributed by atoms with Crippen LogP contribution in [0.3, 0.4) is 0 Å². The molecule has 0 saturated heterocycles. The molecule has 0 spiro atoms. The van der Waals surface area contributed by atoms with Crippen molar-refractivity contribution in [3.8, 4) is 0 Å². The molecule has 124 valence electrons. The van der Waals surface area contributed by atoms with Gasteiger partial charge in [0.2, 0.25) is 0 Å². The van der Waals surface area contributed by atoms with Crippen molar-refractivity contribution in [2.24, 2.45) is 5.41 Å². The molecule has 0 aromatic heterocycles. The molecule has 24 heavy (non-hydrogen) atoms. The summed E-state index contributed by atoms with van der Waals surface area (Å²) in [6.45, 7) is 4.77. The molecule has 1 aromatic rings. The zero-order valence-electron chi connectivity index (χ0n) is 15.0. The third-order valence-corrected chi connectivity index (χ3v) is 6.92. The molecule has 0 fully saturated rings. The van der Waals surface area contributed by atoms with Crippen molar-refractivity contribution in [3.63, 3.8) is 0 Å². The molecule has 4 rings (SSSR count). The fourth-order valence-corrected chi connectivity index (χ4v) is 5.52. The highest BCUT2D eigenvalue weighted by molar-refractivity contribution is 5.55. The van der Waals surface area contributed by atoms with Gasteiger partial charge < -0.3 is 0 Å². The average molecular weight is 316 g/mol. The van der Waals surface area contributed by atoms with Gasteiger partial charge in [0.05, 0.1) is 0 Å². The summed E-state index contributed by atoms with van der Waals surface area (Å²) in [6, 6.07) is 11.2. The highest BCUT2D eigenvalue weighted by atomic mass is 14.5. The van der Waals surface area contributed by atoms with Crippen LogP contribution in [0, 0.1) is 5.41 Å². The Hall–Kier alpha value is -1.82. The Labute approximate surface area is 146 Å². The van der Waals surface area contributed by atoms with Crippen LogP contribution in [0.15, 0.2) is 77.4 Å². The Morgan fingerprint density at radius 2 is 1.62 bits per heavy atom. The second-order valence-electron chi connectivity index (χ2n) is 7.56. The molecule has 2 atom stereocenters. The topological polar surface area (TPSA) is 0 Å². The van der Waals surface area contributed by atoms with Crippen LogP contribution in [0.1, 0.15) is 57.9 Å². The number of hydrogen-bond donors (Lipinski definition) is 0. The van der Waals surface area contributed by atoms with E-state index in [-0.39, 0.29) is 5.41 Å². The van der Waals surface area contributed by atoms with E-state index in [1.54, 1.807) is 16.7 Å². The second kappa shape index (κ2) is 5.92. The first-order valence-electron chi connectivity index (χ1n) is 9.59. The van der Waals surface area contributed by atoms with E-state index in [1.807, 2.05) is 0 Å². The molecule has 0 bridgehead atoms. The molecule has 3 aliphatic rings. The maximum absolute atomic E-state index is 2.46. The van der Waals surface area contributed by atoms with Crippen LogP contribution in [0.4, 0.5) is 0 Å². The molecule has 0 N–H and O–H groups in total. The number of hydrogen-bond acceptors (Lipinski definition) is 0. The molecule has 1 aromatic carbocycles. The molecular weight excluding hydrogens is 288 g/mol. The highest BCUT2D eigenvalue weighted by Gasteiger charge is 2.48. The molecule has 0 radical (unpaired) electrons. The minimum atomic E-state index is 0.217. The van der Waals surface area contributed by atoms with Crippen LogP contribution in [0.2, 0.25) is 0 Å². The van der Waals surface area contributed by atoms with Gasteiger partial charge in [0.15, 0.2) is 0 Å². The fraction of sp³-hybridized carbons (Fsp3) is 0.417. The standard InChI is InChI=1S/C24H28/c1-3-23(19-11-6-5-7-12-19)17-18-24(4-2,20-13-8-9-14-20)22-16-10-15-21(22)23/h5-13,15H,3-4,14,16-18H2,1-2H3. The van der Waals surface area contributed by atoms with Crippen molar-refractivity contribution < 1.29 is 0 Å². The van der Waals surface area contributed by atoms with Crippen molar-refractivity contribution in [3.05, 3.63) is 83.0 Å². The van der Waals surface area contributed by atoms with Gasteiger partial charge in [-0.15, -0.1) is 0 Å². The van der Waals surface area contributed by atoms with Gasteiger partial charge in [0.1, 0.15) is 0 Å². The molecule has 2 unspecified atom stereocenters. The predicted octanol–water partition coefficient (Wildman–Crippen LogP) is 6.67. The molecule has 0 saturated carbocycles. The van der Waals surface area contributed by atoms with E-state index in [1.165, 1.54) is 31.2 Å². The average Bonchev–Trinajstić information content (AvgIpc) is 3.34. The monoisotopic (exact) mass is 316 g/mol. The molecule has 0 heterocycles. The lowest BCUT2D eigenvalue weighted by Crippen LogP contribution is -2.39. The fourth-order valence-electron chi connectivity index (χ4n) is 5.52. The number of allylic oxidation sites excluding steroid dienone is 8. The quantitative estimate of drug-likeness (QED) is 0.582. The van der Waals surface area contributed by atoms with Crippen molar-refractivity contribution in [1.82, 2.24) is 0 Å². The van der Waals surface area contributed by atoms with Crippen LogP contribution in [-0.2, 0) is 5.41 Å². The highest BCUT2D eigenvalue weighted by Crippen LogP contribution is 2.60. The largest absolute Gasteiger partial charge is 0.0804 e. The van der Waals surface area contributed by atoms with Gasteiger partial charge in [-0.2, -0.15) is 0 Å². The first-order valence-corrected chi connectivity index (χ1v) is 9.59. The van der Waals surface area contributed by atoms with Gasteiger partial charge >= 0.3 is 0 Å². The summed E-state index contributed by atoms with van der Waals surface area (Å²) < 4.78 is 0. The van der Waals surface area contributed by atoms with Crippen molar-refractivity contribution in [2.45, 2.75) is 57.8 Å². The molecular formula is C24H28. The lowest BCUT2D eigenvalue weighted by molar-refractivity contribution is 0.274. The summed E-state index contributed by atoms with van der Waals surface area (Å²) in [5.74, 6) is 0. The Balaban J connectivity index is 1.88. The normalized spacial score (nSPS) is 31.5. The molecule has 0 amide bonds. The van der Waals surface area contributed by atoms with Gasteiger partial charge in [0, 0.05) is 10.8 Å². The van der Waals surface area contributed by atoms with E-state index < -0.39 is 0 Å². The lowest BCUT2D eigenvalue weighted by atomic mass is 9.55. The number of rotatable bonds is 4. The Morgan fingerprint density at radius 3 is 2.29 bits per heavy atom. The maximum Gasteiger partial charge on any atom is 0.0200 e. The lowest BCUT2D eigenvalue weighted by Gasteiger charge is -2.49. The van der Waals surface area contributed by atoms with Crippen molar-refractivity contribution >= 4 is 0 Å². The predicted molar refractivity (Wildman–Crippen MR) is 103 cm³/mol. The zero-order chi connectivity index (χ0) is 16.6. The Bertz CT molecular complexity index is 744. The van der Waals surface area contributed by atoms with E-state index in [2.05, 4.69) is 74.6 Å².